The molecule has 0 rings (SSSR count). The lowest BCUT2D eigenvalue weighted by Gasteiger charge is -2.28. The summed E-state index contributed by atoms with van der Waals surface area (Å²) >= 11 is 0. The molecular weight excluding hydrogens is 196 g/mol. The van der Waals surface area contributed by atoms with Crippen LogP contribution in [0.1, 0.15) is 33.6 Å². The highest BCUT2D eigenvalue weighted by Crippen LogP contribution is 2.21. The van der Waals surface area contributed by atoms with Gasteiger partial charge < -0.3 is 9.47 Å². The first-order valence-corrected chi connectivity index (χ1v) is 4.89. The minimum absolute atomic E-state index is 0.247. The number of hydrogen-bond acceptors (Lipinski definition) is 4. The van der Waals surface area contributed by atoms with E-state index < -0.39 is 11.6 Å². The van der Waals surface area contributed by atoms with E-state index in [1.54, 1.807) is 6.92 Å². The number of rotatable bonds is 7. The Balaban J connectivity index is 4.23. The fraction of sp³-hybridized carbons (Fsp3) is 0.636. The summed E-state index contributed by atoms with van der Waals surface area (Å²) < 4.78 is 9.84. The van der Waals surface area contributed by atoms with Gasteiger partial charge in [-0.1, -0.05) is 13.5 Å². The van der Waals surface area contributed by atoms with E-state index in [4.69, 9.17) is 4.74 Å². The molecule has 0 aromatic rings. The quantitative estimate of drug-likeness (QED) is 0.281. The van der Waals surface area contributed by atoms with Crippen LogP contribution >= 0.6 is 0 Å². The molecule has 0 amide bonds. The molecule has 4 heteroatoms. The van der Waals surface area contributed by atoms with Crippen LogP contribution in [0.3, 0.4) is 0 Å². The predicted molar refractivity (Wildman–Crippen MR) is 56.2 cm³/mol. The Morgan fingerprint density at radius 2 is 2.13 bits per heavy atom. The van der Waals surface area contributed by atoms with Crippen LogP contribution in [-0.2, 0) is 19.1 Å². The maximum Gasteiger partial charge on any atom is 0.333 e. The number of carbonyl (C=O) groups excluding carboxylic acids is 2. The molecule has 0 spiro atoms. The predicted octanol–water partition coefficient (Wildman–Crippen LogP) is 1.84. The van der Waals surface area contributed by atoms with Crippen molar-refractivity contribution in [2.45, 2.75) is 39.2 Å². The zero-order chi connectivity index (χ0) is 11.9. The van der Waals surface area contributed by atoms with Crippen LogP contribution in [0.25, 0.3) is 0 Å². The normalized spacial score (nSPS) is 13.8. The van der Waals surface area contributed by atoms with Crippen molar-refractivity contribution in [3.8, 4) is 0 Å². The van der Waals surface area contributed by atoms with Gasteiger partial charge in [0, 0.05) is 12.0 Å². The highest BCUT2D eigenvalue weighted by Gasteiger charge is 2.26. The second-order valence-corrected chi connectivity index (χ2v) is 3.69. The molecule has 0 radical (unpaired) electrons. The molecule has 0 N–H and O–H groups in total. The monoisotopic (exact) mass is 214 g/mol. The third kappa shape index (κ3) is 5.20. The van der Waals surface area contributed by atoms with E-state index >= 15 is 0 Å². The smallest absolute Gasteiger partial charge is 0.333 e. The molecule has 0 aliphatic carbocycles. The van der Waals surface area contributed by atoms with E-state index in [2.05, 4.69) is 11.3 Å². The molecule has 0 aromatic heterocycles. The lowest BCUT2D eigenvalue weighted by Crippen LogP contribution is -2.32. The van der Waals surface area contributed by atoms with Gasteiger partial charge in [-0.15, -0.1) is 0 Å². The molecule has 0 heterocycles. The van der Waals surface area contributed by atoms with Gasteiger partial charge in [0.05, 0.1) is 6.61 Å². The minimum Gasteiger partial charge on any atom is -0.468 e. The zero-order valence-corrected chi connectivity index (χ0v) is 9.54. The minimum atomic E-state index is -0.598. The molecule has 0 fully saturated rings. The topological polar surface area (TPSA) is 52.6 Å². The van der Waals surface area contributed by atoms with Crippen LogP contribution in [0.2, 0.25) is 0 Å². The molecule has 0 aromatic carbocycles. The summed E-state index contributed by atoms with van der Waals surface area (Å²) in [4.78, 5) is 21.3. The third-order valence-corrected chi connectivity index (χ3v) is 2.25. The molecule has 86 valence electrons. The largest absolute Gasteiger partial charge is 0.468 e. The van der Waals surface area contributed by atoms with Crippen molar-refractivity contribution < 1.29 is 19.1 Å². The van der Waals surface area contributed by atoms with Crippen LogP contribution in [0.15, 0.2) is 12.2 Å². The molecule has 1 unspecified atom stereocenters. The molecule has 0 aliphatic heterocycles. The number of carbonyl (C=O) groups is 2. The van der Waals surface area contributed by atoms with E-state index in [0.29, 0.717) is 24.9 Å². The van der Waals surface area contributed by atoms with E-state index in [0.717, 1.165) is 0 Å². The van der Waals surface area contributed by atoms with Crippen LogP contribution in [-0.4, -0.2) is 24.6 Å². The molecule has 0 bridgehead atoms. The Labute approximate surface area is 90.2 Å². The fourth-order valence-corrected chi connectivity index (χ4v) is 0.934. The Bertz CT molecular complexity index is 247. The van der Waals surface area contributed by atoms with Gasteiger partial charge in [0.2, 0.25) is 0 Å². The standard InChI is InChI=1S/C11H18O4/c1-5-11(4,6-7-14-8-12)15-10(13)9(2)3/h8H,2,5-7H2,1,3-4H3. The molecule has 4 nitrogen and oxygen atoms in total. The van der Waals surface area contributed by atoms with Crippen LogP contribution in [0.4, 0.5) is 0 Å². The molecule has 15 heavy (non-hydrogen) atoms. The van der Waals surface area contributed by atoms with Crippen LogP contribution in [0.5, 0.6) is 0 Å². The summed E-state index contributed by atoms with van der Waals surface area (Å²) in [7, 11) is 0. The summed E-state index contributed by atoms with van der Waals surface area (Å²) in [6, 6.07) is 0. The van der Waals surface area contributed by atoms with E-state index in [1.165, 1.54) is 0 Å². The Morgan fingerprint density at radius 3 is 2.53 bits per heavy atom. The lowest BCUT2D eigenvalue weighted by atomic mass is 9.99. The third-order valence-electron chi connectivity index (χ3n) is 2.25. The SMILES string of the molecule is C=C(C)C(=O)OC(C)(CC)CCOC=O. The van der Waals surface area contributed by atoms with E-state index in [-0.39, 0.29) is 6.61 Å². The van der Waals surface area contributed by atoms with Gasteiger partial charge in [-0.2, -0.15) is 0 Å². The van der Waals surface area contributed by atoms with E-state index in [9.17, 15) is 9.59 Å². The van der Waals surface area contributed by atoms with Gasteiger partial charge >= 0.3 is 5.97 Å². The summed E-state index contributed by atoms with van der Waals surface area (Å²) in [6.45, 7) is 9.46. The van der Waals surface area contributed by atoms with E-state index in [1.807, 2.05) is 13.8 Å². The summed E-state index contributed by atoms with van der Waals surface area (Å²) in [5.74, 6) is -0.412. The molecule has 1 atom stereocenters. The summed E-state index contributed by atoms with van der Waals surface area (Å²) in [5.41, 5.74) is -0.232. The van der Waals surface area contributed by atoms with Crippen molar-refractivity contribution >= 4 is 12.4 Å². The molecule has 0 saturated heterocycles. The average molecular weight is 214 g/mol. The number of esters is 1. The van der Waals surface area contributed by atoms with Crippen molar-refractivity contribution in [1.29, 1.82) is 0 Å². The number of hydrogen-bond donors (Lipinski definition) is 0. The summed E-state index contributed by atoms with van der Waals surface area (Å²) in [6.07, 6.45) is 1.15. The first kappa shape index (κ1) is 13.7. The Morgan fingerprint density at radius 1 is 1.53 bits per heavy atom. The van der Waals surface area contributed by atoms with Crippen LogP contribution < -0.4 is 0 Å². The zero-order valence-electron chi connectivity index (χ0n) is 9.54. The van der Waals surface area contributed by atoms with Crippen molar-refractivity contribution in [2.24, 2.45) is 0 Å². The highest BCUT2D eigenvalue weighted by molar-refractivity contribution is 5.87. The van der Waals surface area contributed by atoms with Crippen molar-refractivity contribution in [2.75, 3.05) is 6.61 Å². The van der Waals surface area contributed by atoms with Gasteiger partial charge in [-0.3, -0.25) is 4.79 Å². The van der Waals surface area contributed by atoms with Gasteiger partial charge in [0.15, 0.2) is 0 Å². The van der Waals surface area contributed by atoms with Gasteiger partial charge in [-0.25, -0.2) is 4.79 Å². The second kappa shape index (κ2) is 6.22. The van der Waals surface area contributed by atoms with Crippen LogP contribution in [0, 0.1) is 0 Å². The molecule has 0 aliphatic rings. The Kier molecular flexibility index (Phi) is 5.67. The van der Waals surface area contributed by atoms with Gasteiger partial charge in [-0.05, 0) is 20.3 Å². The first-order chi connectivity index (χ1) is 6.95. The maximum absolute atomic E-state index is 11.3. The Hall–Kier alpha value is -1.32. The summed E-state index contributed by atoms with van der Waals surface area (Å²) in [5, 5.41) is 0. The van der Waals surface area contributed by atoms with Crippen molar-refractivity contribution in [3.63, 3.8) is 0 Å². The maximum atomic E-state index is 11.3. The second-order valence-electron chi connectivity index (χ2n) is 3.69. The van der Waals surface area contributed by atoms with Gasteiger partial charge in [0.1, 0.15) is 5.60 Å². The molecule has 0 saturated carbocycles. The highest BCUT2D eigenvalue weighted by atomic mass is 16.6. The average Bonchev–Trinajstić information content (AvgIpc) is 2.18. The lowest BCUT2D eigenvalue weighted by molar-refractivity contribution is -0.155. The number of ether oxygens (including phenoxy) is 2. The van der Waals surface area contributed by atoms with Gasteiger partial charge in [0.25, 0.3) is 6.47 Å². The fourth-order valence-electron chi connectivity index (χ4n) is 0.934. The first-order valence-electron chi connectivity index (χ1n) is 4.89. The van der Waals surface area contributed by atoms with Crippen molar-refractivity contribution in [3.05, 3.63) is 12.2 Å². The molecular formula is C11H18O4. The van der Waals surface area contributed by atoms with Crippen molar-refractivity contribution in [1.82, 2.24) is 0 Å².